The largest absolute Gasteiger partial charge is 0.351 e. The normalized spacial score (nSPS) is 11.3. The summed E-state index contributed by atoms with van der Waals surface area (Å²) < 4.78 is 4.50. The fourth-order valence-electron chi connectivity index (χ4n) is 2.96. The third-order valence-electron chi connectivity index (χ3n) is 4.32. The first-order valence-corrected chi connectivity index (χ1v) is 9.96. The van der Waals surface area contributed by atoms with Crippen LogP contribution in [0.3, 0.4) is 0 Å². The van der Waals surface area contributed by atoms with Crippen LogP contribution < -0.4 is 0 Å². The summed E-state index contributed by atoms with van der Waals surface area (Å²) in [4.78, 5) is 9.75. The Kier molecular flexibility index (Phi) is 3.69. The first-order valence-electron chi connectivity index (χ1n) is 8.33. The molecule has 0 unspecified atom stereocenters. The van der Waals surface area contributed by atoms with E-state index in [1.54, 1.807) is 22.7 Å². The van der Waals surface area contributed by atoms with Gasteiger partial charge >= 0.3 is 0 Å². The summed E-state index contributed by atoms with van der Waals surface area (Å²) >= 11 is 3.43. The molecule has 126 valence electrons. The van der Waals surface area contributed by atoms with Crippen molar-refractivity contribution in [2.24, 2.45) is 7.05 Å². The van der Waals surface area contributed by atoms with Gasteiger partial charge in [-0.1, -0.05) is 24.3 Å². The molecule has 3 aromatic heterocycles. The molecule has 5 aromatic rings. The average molecular weight is 374 g/mol. The maximum atomic E-state index is 4.88. The molecule has 0 saturated carbocycles. The Morgan fingerprint density at radius 3 is 1.88 bits per heavy atom. The molecule has 3 nitrogen and oxygen atoms in total. The molecule has 5 heteroatoms. The number of benzene rings is 2. The van der Waals surface area contributed by atoms with Crippen LogP contribution in [-0.4, -0.2) is 14.5 Å². The Labute approximate surface area is 158 Å². The molecule has 0 N–H and O–H groups in total. The van der Waals surface area contributed by atoms with Gasteiger partial charge in [0, 0.05) is 24.5 Å². The lowest BCUT2D eigenvalue weighted by atomic mass is 10.2. The van der Waals surface area contributed by atoms with E-state index in [2.05, 4.69) is 72.4 Å². The molecule has 0 atom stereocenters. The van der Waals surface area contributed by atoms with Crippen LogP contribution in [0.2, 0.25) is 0 Å². The zero-order valence-electron chi connectivity index (χ0n) is 14.1. The SMILES string of the molecule is Cn1cccc1C=C(c1nc2ccccc2s1)c1nc2ccccc2s1. The highest BCUT2D eigenvalue weighted by molar-refractivity contribution is 7.22. The van der Waals surface area contributed by atoms with Gasteiger partial charge in [-0.25, -0.2) is 9.97 Å². The fourth-order valence-corrected chi connectivity index (χ4v) is 4.99. The van der Waals surface area contributed by atoms with Crippen LogP contribution in [0, 0.1) is 0 Å². The maximum Gasteiger partial charge on any atom is 0.127 e. The molecule has 0 aliphatic rings. The quantitative estimate of drug-likeness (QED) is 0.398. The minimum atomic E-state index is 1.01. The number of aromatic nitrogens is 3. The van der Waals surface area contributed by atoms with Gasteiger partial charge in [0.05, 0.1) is 20.4 Å². The van der Waals surface area contributed by atoms with Crippen molar-refractivity contribution in [1.82, 2.24) is 14.5 Å². The molecular formula is C21H15N3S2. The Hall–Kier alpha value is -2.76. The van der Waals surface area contributed by atoms with Crippen LogP contribution in [0.1, 0.15) is 15.7 Å². The number of hydrogen-bond donors (Lipinski definition) is 0. The van der Waals surface area contributed by atoms with E-state index in [1.807, 2.05) is 12.1 Å². The van der Waals surface area contributed by atoms with Crippen molar-refractivity contribution < 1.29 is 0 Å². The number of para-hydroxylation sites is 2. The van der Waals surface area contributed by atoms with E-state index in [9.17, 15) is 0 Å². The number of fused-ring (bicyclic) bond motifs is 2. The van der Waals surface area contributed by atoms with E-state index >= 15 is 0 Å². The molecule has 0 aliphatic carbocycles. The van der Waals surface area contributed by atoms with E-state index in [4.69, 9.17) is 9.97 Å². The van der Waals surface area contributed by atoms with Gasteiger partial charge in [0.2, 0.25) is 0 Å². The van der Waals surface area contributed by atoms with Crippen molar-refractivity contribution in [3.63, 3.8) is 0 Å². The fraction of sp³-hybridized carbons (Fsp3) is 0.0476. The second-order valence-electron chi connectivity index (χ2n) is 6.08. The van der Waals surface area contributed by atoms with Gasteiger partial charge in [-0.05, 0) is 42.5 Å². The third kappa shape index (κ3) is 2.66. The van der Waals surface area contributed by atoms with Gasteiger partial charge < -0.3 is 4.57 Å². The first-order chi connectivity index (χ1) is 12.8. The standard InChI is InChI=1S/C21H15N3S2/c1-24-12-6-7-14(24)13-15(20-22-16-8-2-4-10-18(16)25-20)21-23-17-9-3-5-11-19(17)26-21/h2-13H,1H3. The van der Waals surface area contributed by atoms with E-state index in [1.165, 1.54) is 9.40 Å². The number of thiazole rings is 2. The van der Waals surface area contributed by atoms with Crippen LogP contribution >= 0.6 is 22.7 Å². The van der Waals surface area contributed by atoms with Crippen molar-refractivity contribution in [1.29, 1.82) is 0 Å². The highest BCUT2D eigenvalue weighted by Crippen LogP contribution is 2.36. The van der Waals surface area contributed by atoms with Gasteiger partial charge in [-0.2, -0.15) is 0 Å². The molecule has 26 heavy (non-hydrogen) atoms. The van der Waals surface area contributed by atoms with E-state index in [0.717, 1.165) is 32.3 Å². The van der Waals surface area contributed by atoms with Crippen molar-refractivity contribution in [3.8, 4) is 0 Å². The van der Waals surface area contributed by atoms with Crippen molar-refractivity contribution >= 4 is 54.8 Å². The number of aryl methyl sites for hydroxylation is 1. The lowest BCUT2D eigenvalue weighted by Crippen LogP contribution is -1.91. The van der Waals surface area contributed by atoms with Gasteiger partial charge in [-0.3, -0.25) is 0 Å². The van der Waals surface area contributed by atoms with Gasteiger partial charge in [0.1, 0.15) is 10.0 Å². The minimum absolute atomic E-state index is 1.01. The summed E-state index contributed by atoms with van der Waals surface area (Å²) in [6.07, 6.45) is 4.25. The molecule has 2 aromatic carbocycles. The molecule has 0 bridgehead atoms. The molecule has 0 amide bonds. The lowest BCUT2D eigenvalue weighted by molar-refractivity contribution is 0.915. The highest BCUT2D eigenvalue weighted by atomic mass is 32.1. The Balaban J connectivity index is 1.74. The van der Waals surface area contributed by atoms with Gasteiger partial charge in [0.15, 0.2) is 0 Å². The predicted molar refractivity (Wildman–Crippen MR) is 112 cm³/mol. The summed E-state index contributed by atoms with van der Waals surface area (Å²) in [7, 11) is 2.06. The molecular weight excluding hydrogens is 358 g/mol. The van der Waals surface area contributed by atoms with Crippen LogP contribution in [-0.2, 0) is 7.05 Å². The van der Waals surface area contributed by atoms with E-state index in [0.29, 0.717) is 0 Å². The van der Waals surface area contributed by atoms with Gasteiger partial charge in [0.25, 0.3) is 0 Å². The summed E-state index contributed by atoms with van der Waals surface area (Å²) in [5.74, 6) is 0. The van der Waals surface area contributed by atoms with Crippen molar-refractivity contribution in [2.45, 2.75) is 0 Å². The topological polar surface area (TPSA) is 30.7 Å². The molecule has 3 heterocycles. The van der Waals surface area contributed by atoms with Crippen molar-refractivity contribution in [2.75, 3.05) is 0 Å². The summed E-state index contributed by atoms with van der Waals surface area (Å²) in [6.45, 7) is 0. The van der Waals surface area contributed by atoms with E-state index < -0.39 is 0 Å². The molecule has 0 saturated heterocycles. The zero-order valence-corrected chi connectivity index (χ0v) is 15.7. The monoisotopic (exact) mass is 373 g/mol. The van der Waals surface area contributed by atoms with Crippen LogP contribution in [0.4, 0.5) is 0 Å². The third-order valence-corrected chi connectivity index (χ3v) is 6.46. The molecule has 0 fully saturated rings. The minimum Gasteiger partial charge on any atom is -0.351 e. The second-order valence-corrected chi connectivity index (χ2v) is 8.14. The van der Waals surface area contributed by atoms with Crippen LogP contribution in [0.5, 0.6) is 0 Å². The lowest BCUT2D eigenvalue weighted by Gasteiger charge is -2.02. The Bertz CT molecular complexity index is 1110. The van der Waals surface area contributed by atoms with Crippen molar-refractivity contribution in [3.05, 3.63) is 82.6 Å². The summed E-state index contributed by atoms with van der Waals surface area (Å²) in [6, 6.07) is 20.7. The highest BCUT2D eigenvalue weighted by Gasteiger charge is 2.16. The molecule has 0 radical (unpaired) electrons. The Morgan fingerprint density at radius 1 is 0.808 bits per heavy atom. The van der Waals surface area contributed by atoms with Gasteiger partial charge in [-0.15, -0.1) is 22.7 Å². The second kappa shape index (κ2) is 6.20. The smallest absolute Gasteiger partial charge is 0.127 e. The van der Waals surface area contributed by atoms with Crippen LogP contribution in [0.15, 0.2) is 66.9 Å². The summed E-state index contributed by atoms with van der Waals surface area (Å²) in [5.41, 5.74) is 4.28. The maximum absolute atomic E-state index is 4.88. The van der Waals surface area contributed by atoms with Crippen LogP contribution in [0.25, 0.3) is 32.1 Å². The molecule has 5 rings (SSSR count). The predicted octanol–water partition coefficient (Wildman–Crippen LogP) is 5.83. The molecule has 0 spiro atoms. The van der Waals surface area contributed by atoms with E-state index in [-0.39, 0.29) is 0 Å². The molecule has 0 aliphatic heterocycles. The zero-order chi connectivity index (χ0) is 17.5. The summed E-state index contributed by atoms with van der Waals surface area (Å²) in [5, 5.41) is 2.01. The average Bonchev–Trinajstić information content (AvgIpc) is 3.37. The Morgan fingerprint density at radius 2 is 1.38 bits per heavy atom. The first kappa shape index (κ1) is 15.5. The number of hydrogen-bond acceptors (Lipinski definition) is 4. The number of nitrogens with zero attached hydrogens (tertiary/aromatic N) is 3. The number of rotatable bonds is 3.